The van der Waals surface area contributed by atoms with Crippen LogP contribution in [-0.2, 0) is 19.1 Å². The Kier molecular flexibility index (Phi) is 26.7. The van der Waals surface area contributed by atoms with Crippen LogP contribution in [0.1, 0.15) is 162 Å². The van der Waals surface area contributed by atoms with Gasteiger partial charge in [-0.05, 0) is 52.7 Å². The Morgan fingerprint density at radius 1 is 0.605 bits per heavy atom. The monoisotopic (exact) mass is 539 g/mol. The molecule has 0 spiro atoms. The summed E-state index contributed by atoms with van der Waals surface area (Å²) in [5, 5.41) is 0. The van der Waals surface area contributed by atoms with Gasteiger partial charge in [-0.2, -0.15) is 0 Å². The highest BCUT2D eigenvalue weighted by molar-refractivity contribution is 5.72. The van der Waals surface area contributed by atoms with Crippen LogP contribution in [0.5, 0.6) is 0 Å². The molecule has 38 heavy (non-hydrogen) atoms. The summed E-state index contributed by atoms with van der Waals surface area (Å²) in [7, 11) is 4.02. The Morgan fingerprint density at radius 2 is 1.05 bits per heavy atom. The fourth-order valence-corrected chi connectivity index (χ4v) is 4.95. The summed E-state index contributed by atoms with van der Waals surface area (Å²) in [6.45, 7) is 7.76. The molecule has 0 aromatic carbocycles. The predicted molar refractivity (Wildman–Crippen MR) is 161 cm³/mol. The minimum atomic E-state index is -0.323. The van der Waals surface area contributed by atoms with E-state index in [0.29, 0.717) is 6.42 Å². The average molecular weight is 540 g/mol. The highest BCUT2D eigenvalue weighted by atomic mass is 16.6. The van der Waals surface area contributed by atoms with Gasteiger partial charge in [-0.1, -0.05) is 124 Å². The van der Waals surface area contributed by atoms with Crippen LogP contribution in [0.2, 0.25) is 0 Å². The summed E-state index contributed by atoms with van der Waals surface area (Å²) in [6.07, 6.45) is 24.1. The van der Waals surface area contributed by atoms with Crippen LogP contribution in [-0.4, -0.2) is 50.2 Å². The normalized spacial score (nSPS) is 13.0. The average Bonchev–Trinajstić information content (AvgIpc) is 2.89. The first-order valence-electron chi connectivity index (χ1n) is 16.4. The quantitative estimate of drug-likeness (QED) is 0.0732. The number of rotatable bonds is 28. The number of ether oxygens (including phenoxy) is 2. The van der Waals surface area contributed by atoms with Crippen LogP contribution in [0, 0.1) is 5.92 Å². The molecule has 0 bridgehead atoms. The number of carbonyl (C=O) groups is 2. The molecule has 0 saturated heterocycles. The van der Waals surface area contributed by atoms with E-state index in [9.17, 15) is 9.59 Å². The summed E-state index contributed by atoms with van der Waals surface area (Å²) in [6, 6.07) is 0. The second kappa shape index (κ2) is 27.5. The fraction of sp³-hybridized carbons (Fsp3) is 0.939. The van der Waals surface area contributed by atoms with E-state index >= 15 is 0 Å². The van der Waals surface area contributed by atoms with Gasteiger partial charge in [0, 0.05) is 6.42 Å². The standard InChI is InChI=1S/C33H65NO4/c1-6-9-12-15-16-19-21-25-30(24-20-17-13-10-7-2)33(36)37-29-31(26-22-18-14-11-8-3)38-32(35)27-23-28-34(4)5/h30-31H,6-29H2,1-5H3. The van der Waals surface area contributed by atoms with Crippen molar-refractivity contribution < 1.29 is 19.1 Å². The molecule has 0 N–H and O–H groups in total. The fourth-order valence-electron chi connectivity index (χ4n) is 4.95. The molecule has 5 heteroatoms. The van der Waals surface area contributed by atoms with Crippen molar-refractivity contribution in [2.75, 3.05) is 27.2 Å². The maximum Gasteiger partial charge on any atom is 0.309 e. The summed E-state index contributed by atoms with van der Waals surface area (Å²) >= 11 is 0. The number of esters is 2. The second-order valence-electron chi connectivity index (χ2n) is 11.7. The lowest BCUT2D eigenvalue weighted by molar-refractivity contribution is -0.162. The Morgan fingerprint density at radius 3 is 1.53 bits per heavy atom. The van der Waals surface area contributed by atoms with Gasteiger partial charge in [-0.3, -0.25) is 9.59 Å². The molecule has 0 saturated carbocycles. The number of nitrogens with zero attached hydrogens (tertiary/aromatic N) is 1. The minimum absolute atomic E-state index is 0.0201. The lowest BCUT2D eigenvalue weighted by Crippen LogP contribution is -2.28. The molecule has 0 rings (SSSR count). The van der Waals surface area contributed by atoms with E-state index in [1.165, 1.54) is 83.5 Å². The predicted octanol–water partition coefficient (Wildman–Crippen LogP) is 9.26. The first-order chi connectivity index (χ1) is 18.4. The zero-order valence-electron chi connectivity index (χ0n) is 26.2. The molecule has 2 atom stereocenters. The van der Waals surface area contributed by atoms with Crippen molar-refractivity contribution in [3.8, 4) is 0 Å². The molecule has 0 aromatic heterocycles. The molecule has 0 fully saturated rings. The number of carbonyl (C=O) groups excluding carboxylic acids is 2. The highest BCUT2D eigenvalue weighted by Gasteiger charge is 2.22. The Balaban J connectivity index is 4.79. The van der Waals surface area contributed by atoms with Crippen molar-refractivity contribution in [2.24, 2.45) is 5.92 Å². The summed E-state index contributed by atoms with van der Waals surface area (Å²) in [4.78, 5) is 27.7. The zero-order chi connectivity index (χ0) is 28.3. The van der Waals surface area contributed by atoms with Crippen LogP contribution in [0.25, 0.3) is 0 Å². The van der Waals surface area contributed by atoms with Gasteiger partial charge in [0.1, 0.15) is 12.7 Å². The van der Waals surface area contributed by atoms with Crippen molar-refractivity contribution in [1.29, 1.82) is 0 Å². The van der Waals surface area contributed by atoms with Crippen molar-refractivity contribution in [1.82, 2.24) is 4.90 Å². The lowest BCUT2D eigenvalue weighted by Gasteiger charge is -2.21. The van der Waals surface area contributed by atoms with Crippen molar-refractivity contribution in [2.45, 2.75) is 168 Å². The minimum Gasteiger partial charge on any atom is -0.462 e. The molecule has 5 nitrogen and oxygen atoms in total. The summed E-state index contributed by atoms with van der Waals surface area (Å²) in [5.74, 6) is -0.267. The second-order valence-corrected chi connectivity index (χ2v) is 11.7. The van der Waals surface area contributed by atoms with Gasteiger partial charge in [0.25, 0.3) is 0 Å². The molecule has 2 unspecified atom stereocenters. The zero-order valence-corrected chi connectivity index (χ0v) is 26.2. The van der Waals surface area contributed by atoms with Gasteiger partial charge >= 0.3 is 11.9 Å². The summed E-state index contributed by atoms with van der Waals surface area (Å²) < 4.78 is 11.7. The van der Waals surface area contributed by atoms with Gasteiger partial charge in [0.2, 0.25) is 0 Å². The first kappa shape index (κ1) is 36.9. The Hall–Kier alpha value is -1.10. The smallest absolute Gasteiger partial charge is 0.309 e. The maximum absolute atomic E-state index is 13.2. The molecule has 0 aliphatic carbocycles. The van der Waals surface area contributed by atoms with Gasteiger partial charge in [-0.25, -0.2) is 0 Å². The molecular formula is C33H65NO4. The number of hydrogen-bond donors (Lipinski definition) is 0. The molecule has 0 aromatic rings. The number of hydrogen-bond acceptors (Lipinski definition) is 5. The molecule has 0 heterocycles. The van der Waals surface area contributed by atoms with E-state index in [4.69, 9.17) is 9.47 Å². The van der Waals surface area contributed by atoms with Crippen LogP contribution in [0.4, 0.5) is 0 Å². The Labute approximate surface area is 237 Å². The molecule has 0 aliphatic heterocycles. The van der Waals surface area contributed by atoms with Gasteiger partial charge in [-0.15, -0.1) is 0 Å². The van der Waals surface area contributed by atoms with Crippen LogP contribution in [0.15, 0.2) is 0 Å². The third-order valence-electron chi connectivity index (χ3n) is 7.47. The van der Waals surface area contributed by atoms with Crippen molar-refractivity contribution >= 4 is 11.9 Å². The first-order valence-corrected chi connectivity index (χ1v) is 16.4. The third kappa shape index (κ3) is 24.0. The SMILES string of the molecule is CCCCCCCCCC(CCCCCCC)C(=O)OCC(CCCCCCC)OC(=O)CCCN(C)C. The molecule has 0 aliphatic rings. The van der Waals surface area contributed by atoms with E-state index in [1.807, 2.05) is 14.1 Å². The van der Waals surface area contributed by atoms with Crippen molar-refractivity contribution in [3.63, 3.8) is 0 Å². The maximum atomic E-state index is 13.2. The highest BCUT2D eigenvalue weighted by Crippen LogP contribution is 2.21. The molecule has 0 radical (unpaired) electrons. The largest absolute Gasteiger partial charge is 0.462 e. The van der Waals surface area contributed by atoms with Gasteiger partial charge in [0.15, 0.2) is 0 Å². The van der Waals surface area contributed by atoms with E-state index in [2.05, 4.69) is 25.7 Å². The van der Waals surface area contributed by atoms with E-state index in [0.717, 1.165) is 57.9 Å². The van der Waals surface area contributed by atoms with E-state index in [-0.39, 0.29) is 30.6 Å². The van der Waals surface area contributed by atoms with Crippen LogP contribution in [0.3, 0.4) is 0 Å². The van der Waals surface area contributed by atoms with Gasteiger partial charge in [0.05, 0.1) is 5.92 Å². The van der Waals surface area contributed by atoms with E-state index in [1.54, 1.807) is 0 Å². The van der Waals surface area contributed by atoms with Crippen LogP contribution < -0.4 is 0 Å². The van der Waals surface area contributed by atoms with Crippen LogP contribution >= 0.6 is 0 Å². The van der Waals surface area contributed by atoms with Crippen molar-refractivity contribution in [3.05, 3.63) is 0 Å². The van der Waals surface area contributed by atoms with E-state index < -0.39 is 0 Å². The Bertz CT molecular complexity index is 537. The lowest BCUT2D eigenvalue weighted by atomic mass is 9.94. The number of unbranched alkanes of at least 4 members (excludes halogenated alkanes) is 14. The molecule has 226 valence electrons. The topological polar surface area (TPSA) is 55.8 Å². The summed E-state index contributed by atoms with van der Waals surface area (Å²) in [5.41, 5.74) is 0. The molecule has 0 amide bonds. The third-order valence-corrected chi connectivity index (χ3v) is 7.47. The van der Waals surface area contributed by atoms with Gasteiger partial charge < -0.3 is 14.4 Å². The molecular weight excluding hydrogens is 474 g/mol.